The molecule has 2 N–H and O–H groups in total. The Morgan fingerprint density at radius 3 is 2.15 bits per heavy atom. The normalized spacial score (nSPS) is 11.7. The molecular formula is C5H5Cl2N2O3P. The summed E-state index contributed by atoms with van der Waals surface area (Å²) >= 11 is 11.0. The van der Waals surface area contributed by atoms with E-state index in [9.17, 15) is 4.57 Å². The van der Waals surface area contributed by atoms with E-state index in [1.54, 1.807) is 0 Å². The van der Waals surface area contributed by atoms with Gasteiger partial charge in [0.05, 0.1) is 0 Å². The Hall–Kier alpha value is -0.190. The average Bonchev–Trinajstić information content (AvgIpc) is 1.78. The maximum Gasteiger partial charge on any atom is 0.333 e. The van der Waals surface area contributed by atoms with E-state index in [0.29, 0.717) is 0 Å². The number of aromatic nitrogens is 2. The van der Waals surface area contributed by atoms with Crippen LogP contribution in [0.15, 0.2) is 6.07 Å². The van der Waals surface area contributed by atoms with Crippen molar-refractivity contribution in [3.8, 4) is 0 Å². The third-order valence-corrected chi connectivity index (χ3v) is 2.14. The van der Waals surface area contributed by atoms with Gasteiger partial charge in [0, 0.05) is 6.07 Å². The van der Waals surface area contributed by atoms with Crippen molar-refractivity contribution < 1.29 is 14.4 Å². The Kier molecular flexibility index (Phi) is 3.27. The Labute approximate surface area is 83.9 Å². The summed E-state index contributed by atoms with van der Waals surface area (Å²) in [4.78, 5) is 24.4. The van der Waals surface area contributed by atoms with E-state index in [0.717, 1.165) is 0 Å². The number of nitrogens with zero attached hydrogens (tertiary/aromatic N) is 2. The molecule has 0 aliphatic heterocycles. The molecule has 1 heterocycles. The lowest BCUT2D eigenvalue weighted by atomic mass is 10.6. The van der Waals surface area contributed by atoms with Crippen molar-refractivity contribution in [1.82, 2.24) is 9.97 Å². The fourth-order valence-corrected chi connectivity index (χ4v) is 1.66. The third-order valence-electron chi connectivity index (χ3n) is 1.06. The minimum atomic E-state index is -4.17. The van der Waals surface area contributed by atoms with Crippen LogP contribution in [0.3, 0.4) is 0 Å². The monoisotopic (exact) mass is 242 g/mol. The van der Waals surface area contributed by atoms with Crippen molar-refractivity contribution in [2.24, 2.45) is 0 Å². The molecule has 5 nitrogen and oxygen atoms in total. The largest absolute Gasteiger partial charge is 0.333 e. The number of rotatable bonds is 2. The van der Waals surface area contributed by atoms with Crippen molar-refractivity contribution in [2.45, 2.75) is 6.16 Å². The molecule has 0 fully saturated rings. The summed E-state index contributed by atoms with van der Waals surface area (Å²) < 4.78 is 10.6. The molecule has 0 aliphatic rings. The number of halogens is 2. The van der Waals surface area contributed by atoms with Gasteiger partial charge in [-0.25, -0.2) is 9.97 Å². The van der Waals surface area contributed by atoms with Gasteiger partial charge in [-0.3, -0.25) is 4.57 Å². The van der Waals surface area contributed by atoms with Gasteiger partial charge >= 0.3 is 7.60 Å². The van der Waals surface area contributed by atoms with Crippen molar-refractivity contribution in [3.63, 3.8) is 0 Å². The van der Waals surface area contributed by atoms with Crippen LogP contribution in [0.4, 0.5) is 0 Å². The molecule has 0 amide bonds. The van der Waals surface area contributed by atoms with Gasteiger partial charge in [-0.2, -0.15) is 0 Å². The van der Waals surface area contributed by atoms with Gasteiger partial charge in [0.2, 0.25) is 0 Å². The fraction of sp³-hybridized carbons (Fsp3) is 0.200. The van der Waals surface area contributed by atoms with Crippen LogP contribution in [-0.2, 0) is 10.7 Å². The summed E-state index contributed by atoms with van der Waals surface area (Å²) in [5.41, 5.74) is 0. The van der Waals surface area contributed by atoms with Crippen LogP contribution in [0.2, 0.25) is 10.3 Å². The second-order valence-electron chi connectivity index (χ2n) is 2.25. The van der Waals surface area contributed by atoms with Gasteiger partial charge in [-0.05, 0) is 0 Å². The third kappa shape index (κ3) is 4.02. The molecule has 1 rings (SSSR count). The summed E-state index contributed by atoms with van der Waals surface area (Å²) in [6, 6.07) is 1.28. The molecular weight excluding hydrogens is 238 g/mol. The van der Waals surface area contributed by atoms with Gasteiger partial charge in [0.1, 0.15) is 22.3 Å². The van der Waals surface area contributed by atoms with Crippen molar-refractivity contribution >= 4 is 30.8 Å². The smallest absolute Gasteiger partial charge is 0.324 e. The fourth-order valence-electron chi connectivity index (χ4n) is 0.689. The Morgan fingerprint density at radius 1 is 1.31 bits per heavy atom. The lowest BCUT2D eigenvalue weighted by molar-refractivity contribution is 0.370. The highest BCUT2D eigenvalue weighted by molar-refractivity contribution is 7.50. The van der Waals surface area contributed by atoms with Gasteiger partial charge in [-0.1, -0.05) is 23.2 Å². The molecule has 0 radical (unpaired) electrons. The quantitative estimate of drug-likeness (QED) is 0.606. The lowest BCUT2D eigenvalue weighted by Crippen LogP contribution is -1.96. The number of hydrogen-bond donors (Lipinski definition) is 2. The molecule has 1 aromatic rings. The summed E-state index contributed by atoms with van der Waals surface area (Å²) in [5, 5.41) is 0.118. The summed E-state index contributed by atoms with van der Waals surface area (Å²) in [5.74, 6) is -0.0640. The second kappa shape index (κ2) is 3.90. The lowest BCUT2D eigenvalue weighted by Gasteiger charge is -2.02. The maximum absolute atomic E-state index is 10.6. The minimum Gasteiger partial charge on any atom is -0.324 e. The first-order valence-electron chi connectivity index (χ1n) is 3.10. The molecule has 0 saturated heterocycles. The molecule has 0 atom stereocenters. The van der Waals surface area contributed by atoms with E-state index in [-0.39, 0.29) is 16.1 Å². The molecule has 0 aliphatic carbocycles. The van der Waals surface area contributed by atoms with E-state index in [1.165, 1.54) is 6.07 Å². The van der Waals surface area contributed by atoms with E-state index in [1.807, 2.05) is 0 Å². The molecule has 72 valence electrons. The molecule has 1 aromatic heterocycles. The topological polar surface area (TPSA) is 83.3 Å². The van der Waals surface area contributed by atoms with Crippen molar-refractivity contribution in [3.05, 3.63) is 22.2 Å². The standard InChI is InChI=1S/C5H5Cl2N2O3P/c6-3-1-4(7)9-5(8-3)2-13(10,11)12/h1H,2H2,(H2,10,11,12). The predicted molar refractivity (Wildman–Crippen MR) is 47.8 cm³/mol. The predicted octanol–water partition coefficient (Wildman–Crippen LogP) is 1.46. The van der Waals surface area contributed by atoms with Crippen molar-refractivity contribution in [1.29, 1.82) is 0 Å². The number of hydrogen-bond acceptors (Lipinski definition) is 3. The molecule has 0 unspecified atom stereocenters. The Balaban J connectivity index is 2.96. The Bertz CT molecular complexity index is 347. The van der Waals surface area contributed by atoms with Gasteiger partial charge in [0.25, 0.3) is 0 Å². The zero-order valence-corrected chi connectivity index (χ0v) is 8.59. The zero-order chi connectivity index (χ0) is 10.1. The van der Waals surface area contributed by atoms with Crippen LogP contribution >= 0.6 is 30.8 Å². The first-order valence-corrected chi connectivity index (χ1v) is 5.66. The molecule has 0 aromatic carbocycles. The van der Waals surface area contributed by atoms with Crippen LogP contribution in [0.5, 0.6) is 0 Å². The SMILES string of the molecule is O=P(O)(O)Cc1nc(Cl)cc(Cl)n1. The van der Waals surface area contributed by atoms with E-state index in [2.05, 4.69) is 9.97 Å². The first kappa shape index (κ1) is 10.9. The van der Waals surface area contributed by atoms with Crippen LogP contribution in [0.25, 0.3) is 0 Å². The molecule has 0 spiro atoms. The minimum absolute atomic E-state index is 0.0588. The van der Waals surface area contributed by atoms with E-state index in [4.69, 9.17) is 33.0 Å². The molecule has 13 heavy (non-hydrogen) atoms. The Morgan fingerprint density at radius 2 is 1.77 bits per heavy atom. The summed E-state index contributed by atoms with van der Waals surface area (Å²) in [7, 11) is -4.17. The van der Waals surface area contributed by atoms with Crippen LogP contribution in [0.1, 0.15) is 5.82 Å². The molecule has 0 saturated carbocycles. The molecule has 0 bridgehead atoms. The molecule has 8 heteroatoms. The maximum atomic E-state index is 10.6. The first-order chi connectivity index (χ1) is 5.87. The van der Waals surface area contributed by atoms with Crippen LogP contribution < -0.4 is 0 Å². The van der Waals surface area contributed by atoms with Gasteiger partial charge < -0.3 is 9.79 Å². The van der Waals surface area contributed by atoms with Gasteiger partial charge in [0.15, 0.2) is 0 Å². The highest BCUT2D eigenvalue weighted by Gasteiger charge is 2.16. The van der Waals surface area contributed by atoms with Crippen LogP contribution in [-0.4, -0.2) is 19.8 Å². The van der Waals surface area contributed by atoms with E-state index < -0.39 is 13.8 Å². The summed E-state index contributed by atoms with van der Waals surface area (Å²) in [6.45, 7) is 0. The van der Waals surface area contributed by atoms with E-state index >= 15 is 0 Å². The van der Waals surface area contributed by atoms with Crippen molar-refractivity contribution in [2.75, 3.05) is 0 Å². The zero-order valence-electron chi connectivity index (χ0n) is 6.18. The average molecular weight is 243 g/mol. The summed E-state index contributed by atoms with van der Waals surface area (Å²) in [6.07, 6.45) is -0.562. The van der Waals surface area contributed by atoms with Crippen LogP contribution in [0, 0.1) is 0 Å². The highest BCUT2D eigenvalue weighted by atomic mass is 35.5. The highest BCUT2D eigenvalue weighted by Crippen LogP contribution is 2.38. The second-order valence-corrected chi connectivity index (χ2v) is 4.67. The van der Waals surface area contributed by atoms with Gasteiger partial charge in [-0.15, -0.1) is 0 Å².